The number of nitrogens with one attached hydrogen (secondary N) is 2. The lowest BCUT2D eigenvalue weighted by atomic mass is 10.2. The van der Waals surface area contributed by atoms with Crippen molar-refractivity contribution in [2.45, 2.75) is 6.42 Å². The monoisotopic (exact) mass is 261 g/mol. The molecule has 0 fully saturated rings. The molecule has 6 nitrogen and oxygen atoms in total. The second-order valence-electron chi connectivity index (χ2n) is 4.03. The van der Waals surface area contributed by atoms with Crippen LogP contribution in [0.25, 0.3) is 0 Å². The van der Waals surface area contributed by atoms with Gasteiger partial charge in [0.2, 0.25) is 0 Å². The number of rotatable bonds is 6. The van der Waals surface area contributed by atoms with E-state index in [0.29, 0.717) is 17.9 Å². The van der Waals surface area contributed by atoms with Gasteiger partial charge in [0.05, 0.1) is 11.2 Å². The number of hydrogen-bond donors (Lipinski definition) is 2. The summed E-state index contributed by atoms with van der Waals surface area (Å²) in [4.78, 5) is 10.4. The number of anilines is 2. The number of furan rings is 1. The summed E-state index contributed by atoms with van der Waals surface area (Å²) >= 11 is 0. The first-order valence-corrected chi connectivity index (χ1v) is 5.92. The number of nitro groups is 1. The van der Waals surface area contributed by atoms with Gasteiger partial charge >= 0.3 is 0 Å². The van der Waals surface area contributed by atoms with E-state index in [9.17, 15) is 10.1 Å². The van der Waals surface area contributed by atoms with Crippen LogP contribution in [0.1, 0.15) is 5.76 Å². The fourth-order valence-corrected chi connectivity index (χ4v) is 1.75. The van der Waals surface area contributed by atoms with Gasteiger partial charge in [-0.3, -0.25) is 10.1 Å². The van der Waals surface area contributed by atoms with E-state index >= 15 is 0 Å². The molecule has 0 radical (unpaired) electrons. The lowest BCUT2D eigenvalue weighted by Gasteiger charge is -2.08. The van der Waals surface area contributed by atoms with Gasteiger partial charge in [-0.2, -0.15) is 0 Å². The molecule has 1 aromatic heterocycles. The van der Waals surface area contributed by atoms with Crippen molar-refractivity contribution < 1.29 is 9.34 Å². The maximum atomic E-state index is 10.8. The Labute approximate surface area is 110 Å². The van der Waals surface area contributed by atoms with Gasteiger partial charge in [0, 0.05) is 43.5 Å². The molecule has 2 N–H and O–H groups in total. The zero-order valence-electron chi connectivity index (χ0n) is 10.6. The Morgan fingerprint density at radius 1 is 1.32 bits per heavy atom. The van der Waals surface area contributed by atoms with Crippen LogP contribution >= 0.6 is 0 Å². The lowest BCUT2D eigenvalue weighted by Crippen LogP contribution is -2.05. The van der Waals surface area contributed by atoms with Crippen molar-refractivity contribution in [1.29, 1.82) is 0 Å². The van der Waals surface area contributed by atoms with Gasteiger partial charge < -0.3 is 15.1 Å². The third-order valence-electron chi connectivity index (χ3n) is 2.70. The van der Waals surface area contributed by atoms with Crippen LogP contribution in [0.2, 0.25) is 0 Å². The van der Waals surface area contributed by atoms with Crippen molar-refractivity contribution in [3.05, 3.63) is 52.5 Å². The number of nitro benzene ring substituents is 1. The van der Waals surface area contributed by atoms with Crippen LogP contribution in [0.15, 0.2) is 41.0 Å². The first-order valence-electron chi connectivity index (χ1n) is 5.92. The Morgan fingerprint density at radius 2 is 2.11 bits per heavy atom. The van der Waals surface area contributed by atoms with Gasteiger partial charge in [0.1, 0.15) is 5.76 Å². The topological polar surface area (TPSA) is 80.3 Å². The van der Waals surface area contributed by atoms with Crippen LogP contribution in [0.3, 0.4) is 0 Å². The first-order chi connectivity index (χ1) is 9.19. The van der Waals surface area contributed by atoms with Gasteiger partial charge in [0.15, 0.2) is 0 Å². The minimum atomic E-state index is -0.404. The maximum Gasteiger partial charge on any atom is 0.273 e. The zero-order chi connectivity index (χ0) is 13.7. The minimum Gasteiger partial charge on any atom is -0.469 e. The molecule has 0 unspecified atom stereocenters. The van der Waals surface area contributed by atoms with E-state index in [2.05, 4.69) is 10.6 Å². The normalized spacial score (nSPS) is 10.2. The highest BCUT2D eigenvalue weighted by atomic mass is 16.6. The molecule has 0 aliphatic heterocycles. The van der Waals surface area contributed by atoms with E-state index in [4.69, 9.17) is 4.42 Å². The highest BCUT2D eigenvalue weighted by Crippen LogP contribution is 2.24. The van der Waals surface area contributed by atoms with Crippen molar-refractivity contribution in [3.63, 3.8) is 0 Å². The van der Waals surface area contributed by atoms with Crippen molar-refractivity contribution in [2.24, 2.45) is 0 Å². The molecule has 1 aromatic carbocycles. The van der Waals surface area contributed by atoms with Crippen LogP contribution in [0.5, 0.6) is 0 Å². The molecule has 19 heavy (non-hydrogen) atoms. The fraction of sp³-hybridized carbons (Fsp3) is 0.231. The molecule has 0 aliphatic carbocycles. The molecule has 1 heterocycles. The third kappa shape index (κ3) is 3.48. The van der Waals surface area contributed by atoms with Crippen molar-refractivity contribution in [1.82, 2.24) is 0 Å². The Bertz CT molecular complexity index is 552. The SMILES string of the molecule is CNc1cc(NCCc2ccco2)cc([N+](=O)[O-])c1. The van der Waals surface area contributed by atoms with Crippen molar-refractivity contribution in [3.8, 4) is 0 Å². The molecule has 0 saturated carbocycles. The Hall–Kier alpha value is -2.50. The highest BCUT2D eigenvalue weighted by molar-refractivity contribution is 5.63. The van der Waals surface area contributed by atoms with E-state index in [-0.39, 0.29) is 5.69 Å². The molecular formula is C13H15N3O3. The smallest absolute Gasteiger partial charge is 0.273 e. The summed E-state index contributed by atoms with van der Waals surface area (Å²) in [5, 5.41) is 16.9. The molecule has 2 aromatic rings. The third-order valence-corrected chi connectivity index (χ3v) is 2.70. The number of benzene rings is 1. The molecule has 0 amide bonds. The predicted octanol–water partition coefficient (Wildman–Crippen LogP) is 2.88. The van der Waals surface area contributed by atoms with Gasteiger partial charge in [-0.05, 0) is 18.2 Å². The average Bonchev–Trinajstić information content (AvgIpc) is 2.91. The minimum absolute atomic E-state index is 0.0624. The summed E-state index contributed by atoms with van der Waals surface area (Å²) in [5.41, 5.74) is 1.48. The molecule has 6 heteroatoms. The van der Waals surface area contributed by atoms with E-state index in [0.717, 1.165) is 12.2 Å². The van der Waals surface area contributed by atoms with E-state index in [1.54, 1.807) is 13.3 Å². The van der Waals surface area contributed by atoms with Gasteiger partial charge in [0.25, 0.3) is 5.69 Å². The number of hydrogen-bond acceptors (Lipinski definition) is 5. The number of nitrogens with zero attached hydrogens (tertiary/aromatic N) is 1. The molecule has 0 atom stereocenters. The van der Waals surface area contributed by atoms with Crippen LogP contribution in [-0.4, -0.2) is 18.5 Å². The van der Waals surface area contributed by atoms with E-state index in [1.165, 1.54) is 12.1 Å². The van der Waals surface area contributed by atoms with Crippen LogP contribution in [-0.2, 0) is 6.42 Å². The summed E-state index contributed by atoms with van der Waals surface area (Å²) in [7, 11) is 1.73. The molecule has 100 valence electrons. The van der Waals surface area contributed by atoms with Crippen molar-refractivity contribution >= 4 is 17.1 Å². The molecular weight excluding hydrogens is 246 g/mol. The van der Waals surface area contributed by atoms with Gasteiger partial charge in [-0.1, -0.05) is 0 Å². The average molecular weight is 261 g/mol. The van der Waals surface area contributed by atoms with Crippen LogP contribution in [0.4, 0.5) is 17.1 Å². The fourth-order valence-electron chi connectivity index (χ4n) is 1.75. The molecule has 2 rings (SSSR count). The van der Waals surface area contributed by atoms with E-state index in [1.807, 2.05) is 18.2 Å². The van der Waals surface area contributed by atoms with Gasteiger partial charge in [-0.15, -0.1) is 0 Å². The second kappa shape index (κ2) is 5.90. The summed E-state index contributed by atoms with van der Waals surface area (Å²) in [5.74, 6) is 0.881. The Kier molecular flexibility index (Phi) is 4.02. The summed E-state index contributed by atoms with van der Waals surface area (Å²) in [6.07, 6.45) is 2.35. The zero-order valence-corrected chi connectivity index (χ0v) is 10.6. The molecule has 0 bridgehead atoms. The largest absolute Gasteiger partial charge is 0.469 e. The van der Waals surface area contributed by atoms with Crippen LogP contribution in [0, 0.1) is 10.1 Å². The second-order valence-corrected chi connectivity index (χ2v) is 4.03. The lowest BCUT2D eigenvalue weighted by molar-refractivity contribution is -0.384. The molecule has 0 aliphatic rings. The Balaban J connectivity index is 2.02. The quantitative estimate of drug-likeness (QED) is 0.617. The predicted molar refractivity (Wildman–Crippen MR) is 73.5 cm³/mol. The molecule has 0 saturated heterocycles. The number of non-ortho nitro benzene ring substituents is 1. The van der Waals surface area contributed by atoms with Crippen molar-refractivity contribution in [2.75, 3.05) is 24.2 Å². The van der Waals surface area contributed by atoms with Crippen LogP contribution < -0.4 is 10.6 Å². The standard InChI is InChI=1S/C13H15N3O3/c1-14-10-7-11(9-12(8-10)16(17)18)15-5-4-13-3-2-6-19-13/h2-3,6-9,14-15H,4-5H2,1H3. The summed E-state index contributed by atoms with van der Waals surface area (Å²) < 4.78 is 5.22. The highest BCUT2D eigenvalue weighted by Gasteiger charge is 2.09. The Morgan fingerprint density at radius 3 is 2.74 bits per heavy atom. The van der Waals surface area contributed by atoms with Gasteiger partial charge in [-0.25, -0.2) is 0 Å². The van der Waals surface area contributed by atoms with E-state index < -0.39 is 4.92 Å². The maximum absolute atomic E-state index is 10.8. The molecule has 0 spiro atoms. The summed E-state index contributed by atoms with van der Waals surface area (Å²) in [6.45, 7) is 0.651. The summed E-state index contributed by atoms with van der Waals surface area (Å²) in [6, 6.07) is 8.58. The first kappa shape index (κ1) is 12.9.